The van der Waals surface area contributed by atoms with Gasteiger partial charge in [-0.05, 0) is 54.2 Å². The Morgan fingerprint density at radius 1 is 0.927 bits per heavy atom. The van der Waals surface area contributed by atoms with E-state index in [0.29, 0.717) is 5.75 Å². The largest absolute Gasteiger partial charge is 0.508 e. The smallest absolute Gasteiger partial charge is 0.326 e. The van der Waals surface area contributed by atoms with E-state index < -0.39 is 47.9 Å². The van der Waals surface area contributed by atoms with Crippen molar-refractivity contribution in [2.45, 2.75) is 43.4 Å². The van der Waals surface area contributed by atoms with Crippen LogP contribution in [0.25, 0.3) is 10.9 Å². The summed E-state index contributed by atoms with van der Waals surface area (Å²) in [5.41, 5.74) is 8.50. The number of hydrogen-bond donors (Lipinski definition) is 8. The van der Waals surface area contributed by atoms with Gasteiger partial charge in [0.05, 0.1) is 6.04 Å². The number of aliphatic carboxylic acids is 1. The molecule has 0 saturated carbocycles. The Hall–Kier alpha value is -3.68. The number of fused-ring (bicyclic) bond motifs is 1. The number of carbonyl (C=O) groups is 4. The first kappa shape index (κ1) is 31.8. The molecule has 220 valence electrons. The van der Waals surface area contributed by atoms with Crippen molar-refractivity contribution in [2.24, 2.45) is 5.73 Å². The molecule has 0 radical (unpaired) electrons. The van der Waals surface area contributed by atoms with E-state index in [9.17, 15) is 29.4 Å². The SMILES string of the molecule is CSCCC(NC(=O)C(CS)NC(=O)C(Cc1c[nH]c2ccccc12)NC(=O)C(N)Cc1ccc(O)cc1)C(=O)O. The number of benzene rings is 2. The van der Waals surface area contributed by atoms with E-state index in [1.54, 1.807) is 18.3 Å². The van der Waals surface area contributed by atoms with Gasteiger partial charge in [-0.2, -0.15) is 24.4 Å². The zero-order valence-corrected chi connectivity index (χ0v) is 24.2. The number of nitrogens with one attached hydrogen (secondary N) is 4. The number of carboxylic acids is 1. The normalized spacial score (nSPS) is 14.0. The van der Waals surface area contributed by atoms with Crippen LogP contribution >= 0.6 is 24.4 Å². The van der Waals surface area contributed by atoms with Crippen molar-refractivity contribution in [3.8, 4) is 5.75 Å². The number of para-hydroxylation sites is 1. The highest BCUT2D eigenvalue weighted by Crippen LogP contribution is 2.19. The number of aromatic nitrogens is 1. The molecule has 0 aliphatic heterocycles. The lowest BCUT2D eigenvalue weighted by Crippen LogP contribution is -2.58. The molecule has 0 spiro atoms. The van der Waals surface area contributed by atoms with Crippen LogP contribution in [-0.2, 0) is 32.0 Å². The van der Waals surface area contributed by atoms with Gasteiger partial charge in [-0.15, -0.1) is 0 Å². The van der Waals surface area contributed by atoms with Crippen molar-refractivity contribution >= 4 is 59.0 Å². The van der Waals surface area contributed by atoms with Crippen molar-refractivity contribution in [3.63, 3.8) is 0 Å². The van der Waals surface area contributed by atoms with E-state index in [1.165, 1.54) is 23.9 Å². The third-order valence-electron chi connectivity index (χ3n) is 6.50. The van der Waals surface area contributed by atoms with Gasteiger partial charge in [-0.25, -0.2) is 4.79 Å². The van der Waals surface area contributed by atoms with Crippen LogP contribution in [0.15, 0.2) is 54.7 Å². The second kappa shape index (κ2) is 15.4. The van der Waals surface area contributed by atoms with Gasteiger partial charge in [0.2, 0.25) is 17.7 Å². The molecule has 1 heterocycles. The number of carboxylic acid groups (broad SMARTS) is 1. The minimum atomic E-state index is -1.18. The van der Waals surface area contributed by atoms with Gasteiger partial charge in [0.15, 0.2) is 0 Å². The molecule has 0 fully saturated rings. The van der Waals surface area contributed by atoms with Crippen LogP contribution in [0.2, 0.25) is 0 Å². The van der Waals surface area contributed by atoms with Gasteiger partial charge < -0.3 is 36.9 Å². The average Bonchev–Trinajstić information content (AvgIpc) is 3.36. The summed E-state index contributed by atoms with van der Waals surface area (Å²) in [4.78, 5) is 54.2. The molecule has 4 atom stereocenters. The molecule has 0 aliphatic carbocycles. The zero-order valence-electron chi connectivity index (χ0n) is 22.5. The Morgan fingerprint density at radius 3 is 2.22 bits per heavy atom. The molecule has 2 aromatic carbocycles. The summed E-state index contributed by atoms with van der Waals surface area (Å²) in [5, 5.41) is 27.6. The fourth-order valence-corrected chi connectivity index (χ4v) is 4.95. The summed E-state index contributed by atoms with van der Waals surface area (Å²) in [6.45, 7) is 0. The number of carbonyl (C=O) groups excluding carboxylic acids is 3. The summed E-state index contributed by atoms with van der Waals surface area (Å²) < 4.78 is 0. The van der Waals surface area contributed by atoms with Crippen molar-refractivity contribution in [2.75, 3.05) is 17.8 Å². The predicted molar refractivity (Wildman–Crippen MR) is 162 cm³/mol. The molecule has 3 amide bonds. The molecule has 11 nitrogen and oxygen atoms in total. The van der Waals surface area contributed by atoms with E-state index in [1.807, 2.05) is 30.5 Å². The van der Waals surface area contributed by atoms with Crippen LogP contribution in [0.5, 0.6) is 5.75 Å². The molecule has 1 aromatic heterocycles. The zero-order chi connectivity index (χ0) is 29.9. The average molecular weight is 602 g/mol. The second-order valence-electron chi connectivity index (χ2n) is 9.53. The molecule has 3 aromatic rings. The monoisotopic (exact) mass is 601 g/mol. The number of rotatable bonds is 15. The summed E-state index contributed by atoms with van der Waals surface area (Å²) >= 11 is 5.64. The van der Waals surface area contributed by atoms with Crippen LogP contribution < -0.4 is 21.7 Å². The summed E-state index contributed by atoms with van der Waals surface area (Å²) in [6.07, 6.45) is 4.06. The molecule has 0 bridgehead atoms. The van der Waals surface area contributed by atoms with Gasteiger partial charge in [0.1, 0.15) is 23.9 Å². The molecule has 41 heavy (non-hydrogen) atoms. The molecular weight excluding hydrogens is 566 g/mol. The quantitative estimate of drug-likeness (QED) is 0.119. The van der Waals surface area contributed by atoms with Crippen LogP contribution in [0, 0.1) is 0 Å². The molecule has 8 N–H and O–H groups in total. The maximum Gasteiger partial charge on any atom is 0.326 e. The van der Waals surface area contributed by atoms with Crippen LogP contribution in [0.1, 0.15) is 17.5 Å². The molecule has 3 rings (SSSR count). The van der Waals surface area contributed by atoms with Gasteiger partial charge in [0.25, 0.3) is 0 Å². The van der Waals surface area contributed by atoms with Gasteiger partial charge in [-0.1, -0.05) is 30.3 Å². The first-order valence-electron chi connectivity index (χ1n) is 12.9. The minimum absolute atomic E-state index is 0.0870. The number of thiol groups is 1. The Balaban J connectivity index is 1.77. The number of thioether (sulfide) groups is 1. The molecule has 13 heteroatoms. The Labute approximate surface area is 247 Å². The lowest BCUT2D eigenvalue weighted by molar-refractivity contribution is -0.142. The lowest BCUT2D eigenvalue weighted by Gasteiger charge is -2.24. The highest BCUT2D eigenvalue weighted by atomic mass is 32.2. The van der Waals surface area contributed by atoms with Gasteiger partial charge in [0, 0.05) is 29.3 Å². The van der Waals surface area contributed by atoms with E-state index >= 15 is 0 Å². The fourth-order valence-electron chi connectivity index (χ4n) is 4.22. The van der Waals surface area contributed by atoms with E-state index in [2.05, 4.69) is 33.6 Å². The predicted octanol–water partition coefficient (Wildman–Crippen LogP) is 1.21. The summed E-state index contributed by atoms with van der Waals surface area (Å²) in [5.74, 6) is -2.58. The van der Waals surface area contributed by atoms with Crippen molar-refractivity contribution in [1.29, 1.82) is 0 Å². The highest BCUT2D eigenvalue weighted by Gasteiger charge is 2.30. The first-order chi connectivity index (χ1) is 19.6. The maximum absolute atomic E-state index is 13.5. The maximum atomic E-state index is 13.5. The van der Waals surface area contributed by atoms with Crippen LogP contribution in [-0.4, -0.2) is 80.8 Å². The van der Waals surface area contributed by atoms with Crippen LogP contribution in [0.4, 0.5) is 0 Å². The summed E-state index contributed by atoms with van der Waals surface area (Å²) in [6, 6.07) is 9.44. The molecule has 0 saturated heterocycles. The van der Waals surface area contributed by atoms with Crippen molar-refractivity contribution < 1.29 is 29.4 Å². The third-order valence-corrected chi connectivity index (χ3v) is 7.51. The van der Waals surface area contributed by atoms with Gasteiger partial charge in [-0.3, -0.25) is 14.4 Å². The number of aromatic amines is 1. The van der Waals surface area contributed by atoms with E-state index in [-0.39, 0.29) is 30.8 Å². The Bertz CT molecular complexity index is 1350. The number of hydrogen-bond acceptors (Lipinski definition) is 8. The van der Waals surface area contributed by atoms with Crippen molar-refractivity contribution in [1.82, 2.24) is 20.9 Å². The first-order valence-corrected chi connectivity index (χ1v) is 15.0. The number of H-pyrrole nitrogens is 1. The third kappa shape index (κ3) is 9.17. The number of amides is 3. The van der Waals surface area contributed by atoms with E-state index in [4.69, 9.17) is 5.73 Å². The number of aromatic hydroxyl groups is 1. The Kier molecular flexibility index (Phi) is 11.9. The fraction of sp³-hybridized carbons (Fsp3) is 0.357. The molecule has 4 unspecified atom stereocenters. The minimum Gasteiger partial charge on any atom is -0.508 e. The lowest BCUT2D eigenvalue weighted by atomic mass is 10.0. The second-order valence-corrected chi connectivity index (χ2v) is 10.9. The Morgan fingerprint density at radius 2 is 1.56 bits per heavy atom. The number of phenolic OH excluding ortho intramolecular Hbond substituents is 1. The molecule has 0 aliphatic rings. The highest BCUT2D eigenvalue weighted by molar-refractivity contribution is 7.98. The summed E-state index contributed by atoms with van der Waals surface area (Å²) in [7, 11) is 0. The topological polar surface area (TPSA) is 187 Å². The van der Waals surface area contributed by atoms with Crippen LogP contribution in [0.3, 0.4) is 0 Å². The number of phenols is 1. The van der Waals surface area contributed by atoms with E-state index in [0.717, 1.165) is 22.0 Å². The van der Waals surface area contributed by atoms with Gasteiger partial charge >= 0.3 is 5.97 Å². The standard InChI is InChI=1S/C28H35N5O6S2/c1-41-11-10-22(28(38)39)31-27(37)24(15-40)33-26(36)23(13-17-14-30-21-5-3-2-4-19(17)21)32-25(35)20(29)12-16-6-8-18(34)9-7-16/h2-9,14,20,22-24,30,34,40H,10-13,15,29H2,1H3,(H,31,37)(H,32,35)(H,33,36)(H,38,39). The van der Waals surface area contributed by atoms with Crippen molar-refractivity contribution in [3.05, 3.63) is 65.9 Å². The molecular formula is C28H35N5O6S2. The number of nitrogens with two attached hydrogens (primary N) is 1.